The third kappa shape index (κ3) is 1.82. The Labute approximate surface area is 126 Å². The Hall–Kier alpha value is -0.160. The van der Waals surface area contributed by atoms with E-state index < -0.39 is 17.2 Å². The van der Waals surface area contributed by atoms with Crippen LogP contribution in [-0.4, -0.2) is 22.3 Å². The summed E-state index contributed by atoms with van der Waals surface area (Å²) in [7, 11) is 0. The molecule has 0 unspecified atom stereocenters. The summed E-state index contributed by atoms with van der Waals surface area (Å²) in [5, 5.41) is 10.2. The molecule has 1 heterocycles. The highest BCUT2D eigenvalue weighted by Gasteiger charge is 2.67. The summed E-state index contributed by atoms with van der Waals surface area (Å²) in [6, 6.07) is 0. The third-order valence-electron chi connectivity index (χ3n) is 7.03. The van der Waals surface area contributed by atoms with Crippen molar-refractivity contribution in [1.29, 1.82) is 0 Å². The standard InChI is InChI=1S/C17H26O4/c1-15(18)2-4-16(5-3-15)19-17(21-20-16)13-7-11-6-12(9-13)10-14(17)8-11/h11-14,18H,2-10H2,1H3. The largest absolute Gasteiger partial charge is 0.390 e. The Morgan fingerprint density at radius 2 is 1.38 bits per heavy atom. The van der Waals surface area contributed by atoms with E-state index in [0.717, 1.165) is 37.5 Å². The average Bonchev–Trinajstić information content (AvgIpc) is 2.81. The minimum Gasteiger partial charge on any atom is -0.390 e. The lowest BCUT2D eigenvalue weighted by atomic mass is 9.53. The van der Waals surface area contributed by atoms with Crippen LogP contribution in [0.4, 0.5) is 0 Å². The number of aliphatic hydroxyl groups is 1. The second kappa shape index (κ2) is 4.02. The van der Waals surface area contributed by atoms with Crippen molar-refractivity contribution in [3.05, 3.63) is 0 Å². The number of rotatable bonds is 0. The lowest BCUT2D eigenvalue weighted by Crippen LogP contribution is -2.59. The molecule has 5 aliphatic carbocycles. The fraction of sp³-hybridized carbons (Fsp3) is 1.00. The van der Waals surface area contributed by atoms with Crippen molar-refractivity contribution in [2.45, 2.75) is 81.9 Å². The van der Waals surface area contributed by atoms with Gasteiger partial charge in [-0.2, -0.15) is 9.78 Å². The second-order valence-corrected chi connectivity index (χ2v) is 8.70. The van der Waals surface area contributed by atoms with Crippen molar-refractivity contribution in [2.75, 3.05) is 0 Å². The molecule has 6 fully saturated rings. The zero-order chi connectivity index (χ0) is 14.3. The summed E-state index contributed by atoms with van der Waals surface area (Å²) in [6.07, 6.45) is 9.39. The zero-order valence-corrected chi connectivity index (χ0v) is 12.8. The molecule has 0 atom stereocenters. The quantitative estimate of drug-likeness (QED) is 0.697. The highest BCUT2D eigenvalue weighted by atomic mass is 17.3. The molecule has 1 aliphatic heterocycles. The maximum Gasteiger partial charge on any atom is 0.210 e. The normalized spacial score (nSPS) is 62.0. The van der Waals surface area contributed by atoms with Gasteiger partial charge in [-0.1, -0.05) is 0 Å². The molecule has 6 rings (SSSR count). The fourth-order valence-corrected chi connectivity index (χ4v) is 5.96. The molecular formula is C17H26O4. The van der Waals surface area contributed by atoms with Gasteiger partial charge in [0.25, 0.3) is 0 Å². The van der Waals surface area contributed by atoms with Gasteiger partial charge in [0, 0.05) is 24.7 Å². The SMILES string of the molecule is CC1(O)CCC2(CC1)OOC1(O2)C2CC3CC(C2)CC1C3. The summed E-state index contributed by atoms with van der Waals surface area (Å²) in [5.41, 5.74) is -0.572. The molecule has 4 nitrogen and oxygen atoms in total. The molecule has 2 spiro atoms. The molecular weight excluding hydrogens is 268 g/mol. The van der Waals surface area contributed by atoms with E-state index in [4.69, 9.17) is 14.5 Å². The minimum atomic E-state index is -0.586. The summed E-state index contributed by atoms with van der Waals surface area (Å²) in [6.45, 7) is 1.91. The second-order valence-electron chi connectivity index (χ2n) is 8.70. The molecule has 0 aromatic heterocycles. The number of ether oxygens (including phenoxy) is 1. The predicted octanol–water partition coefficient (Wildman–Crippen LogP) is 3.14. The van der Waals surface area contributed by atoms with E-state index in [9.17, 15) is 5.11 Å². The van der Waals surface area contributed by atoms with Crippen LogP contribution >= 0.6 is 0 Å². The summed E-state index contributed by atoms with van der Waals surface area (Å²) in [5.74, 6) is 1.79. The monoisotopic (exact) mass is 294 g/mol. The van der Waals surface area contributed by atoms with Crippen molar-refractivity contribution in [1.82, 2.24) is 0 Å². The Morgan fingerprint density at radius 3 is 1.95 bits per heavy atom. The van der Waals surface area contributed by atoms with E-state index in [1.807, 2.05) is 6.92 Å². The van der Waals surface area contributed by atoms with Crippen molar-refractivity contribution >= 4 is 0 Å². The van der Waals surface area contributed by atoms with Crippen LogP contribution in [0, 0.1) is 23.7 Å². The van der Waals surface area contributed by atoms with Crippen LogP contribution in [0.5, 0.6) is 0 Å². The first kappa shape index (κ1) is 13.3. The third-order valence-corrected chi connectivity index (χ3v) is 7.03. The Bertz CT molecular complexity index is 420. The maximum atomic E-state index is 10.2. The van der Waals surface area contributed by atoms with Gasteiger partial charge in [-0.05, 0) is 63.7 Å². The molecule has 21 heavy (non-hydrogen) atoms. The Morgan fingerprint density at radius 1 is 0.810 bits per heavy atom. The molecule has 0 aromatic carbocycles. The highest BCUT2D eigenvalue weighted by molar-refractivity contribution is 5.05. The van der Waals surface area contributed by atoms with Gasteiger partial charge in [-0.3, -0.25) is 0 Å². The highest BCUT2D eigenvalue weighted by Crippen LogP contribution is 2.63. The predicted molar refractivity (Wildman–Crippen MR) is 74.9 cm³/mol. The van der Waals surface area contributed by atoms with Crippen molar-refractivity contribution in [3.63, 3.8) is 0 Å². The summed E-state index contributed by atoms with van der Waals surface area (Å²) >= 11 is 0. The molecule has 1 N–H and O–H groups in total. The van der Waals surface area contributed by atoms with E-state index in [-0.39, 0.29) is 0 Å². The molecule has 6 aliphatic rings. The average molecular weight is 294 g/mol. The summed E-state index contributed by atoms with van der Waals surface area (Å²) in [4.78, 5) is 11.8. The minimum absolute atomic E-state index is 0.462. The molecule has 0 amide bonds. The first-order chi connectivity index (χ1) is 9.99. The van der Waals surface area contributed by atoms with Gasteiger partial charge in [-0.25, -0.2) is 0 Å². The van der Waals surface area contributed by atoms with Crippen LogP contribution < -0.4 is 0 Å². The van der Waals surface area contributed by atoms with Gasteiger partial charge >= 0.3 is 0 Å². The van der Waals surface area contributed by atoms with Crippen LogP contribution in [0.3, 0.4) is 0 Å². The van der Waals surface area contributed by atoms with Crippen LogP contribution in [0.1, 0.15) is 64.7 Å². The van der Waals surface area contributed by atoms with Gasteiger partial charge < -0.3 is 9.84 Å². The van der Waals surface area contributed by atoms with Gasteiger partial charge in [-0.15, -0.1) is 0 Å². The van der Waals surface area contributed by atoms with Gasteiger partial charge in [0.15, 0.2) is 0 Å². The van der Waals surface area contributed by atoms with Crippen LogP contribution in [-0.2, 0) is 14.5 Å². The van der Waals surface area contributed by atoms with Crippen molar-refractivity contribution in [3.8, 4) is 0 Å². The van der Waals surface area contributed by atoms with Crippen molar-refractivity contribution < 1.29 is 19.6 Å². The Balaban J connectivity index is 1.40. The molecule has 4 heteroatoms. The molecule has 0 aromatic rings. The lowest BCUT2D eigenvalue weighted by Gasteiger charge is -2.57. The lowest BCUT2D eigenvalue weighted by molar-refractivity contribution is -0.390. The van der Waals surface area contributed by atoms with Crippen LogP contribution in [0.15, 0.2) is 0 Å². The van der Waals surface area contributed by atoms with Gasteiger partial charge in [0.05, 0.1) is 5.60 Å². The molecule has 118 valence electrons. The fourth-order valence-electron chi connectivity index (χ4n) is 5.96. The maximum absolute atomic E-state index is 10.2. The zero-order valence-electron chi connectivity index (χ0n) is 12.8. The van der Waals surface area contributed by atoms with E-state index in [0.29, 0.717) is 11.8 Å². The topological polar surface area (TPSA) is 47.9 Å². The molecule has 1 saturated heterocycles. The number of hydrogen-bond donors (Lipinski definition) is 1. The van der Waals surface area contributed by atoms with E-state index in [1.165, 1.54) is 32.1 Å². The molecule has 4 bridgehead atoms. The molecule has 5 saturated carbocycles. The van der Waals surface area contributed by atoms with E-state index in [1.54, 1.807) is 0 Å². The van der Waals surface area contributed by atoms with Crippen molar-refractivity contribution in [2.24, 2.45) is 23.7 Å². The van der Waals surface area contributed by atoms with E-state index in [2.05, 4.69) is 0 Å². The first-order valence-corrected chi connectivity index (χ1v) is 8.78. The van der Waals surface area contributed by atoms with Crippen LogP contribution in [0.25, 0.3) is 0 Å². The first-order valence-electron chi connectivity index (χ1n) is 8.78. The van der Waals surface area contributed by atoms with E-state index >= 15 is 0 Å². The van der Waals surface area contributed by atoms with Crippen LogP contribution in [0.2, 0.25) is 0 Å². The van der Waals surface area contributed by atoms with Gasteiger partial charge in [0.2, 0.25) is 11.6 Å². The number of hydrogen-bond acceptors (Lipinski definition) is 4. The smallest absolute Gasteiger partial charge is 0.210 e. The summed E-state index contributed by atoms with van der Waals surface area (Å²) < 4.78 is 6.59. The molecule has 0 radical (unpaired) electrons. The Kier molecular flexibility index (Phi) is 2.55. The van der Waals surface area contributed by atoms with Gasteiger partial charge in [0.1, 0.15) is 0 Å².